The Morgan fingerprint density at radius 2 is 1.96 bits per heavy atom. The normalized spacial score (nSPS) is 30.6. The number of esters is 1. The molecule has 128 valence electrons. The van der Waals surface area contributed by atoms with Gasteiger partial charge < -0.3 is 9.84 Å². The topological polar surface area (TPSA) is 63.6 Å². The van der Waals surface area contributed by atoms with E-state index in [9.17, 15) is 9.59 Å². The van der Waals surface area contributed by atoms with Gasteiger partial charge in [-0.15, -0.1) is 0 Å². The van der Waals surface area contributed by atoms with Gasteiger partial charge in [0.05, 0.1) is 17.7 Å². The van der Waals surface area contributed by atoms with Crippen molar-refractivity contribution in [2.75, 3.05) is 0 Å². The Balaban J connectivity index is 1.64. The van der Waals surface area contributed by atoms with E-state index in [0.717, 1.165) is 6.42 Å². The first kappa shape index (κ1) is 16.7. The molecule has 0 aliphatic heterocycles. The summed E-state index contributed by atoms with van der Waals surface area (Å²) in [5.74, 6) is 0.276. The molecule has 0 spiro atoms. The van der Waals surface area contributed by atoms with Crippen LogP contribution in [0.5, 0.6) is 0 Å². The van der Waals surface area contributed by atoms with Crippen LogP contribution >= 0.6 is 0 Å². The average molecular weight is 328 g/mol. The van der Waals surface area contributed by atoms with Gasteiger partial charge in [-0.25, -0.2) is 4.79 Å². The van der Waals surface area contributed by atoms with Crippen molar-refractivity contribution >= 4 is 18.0 Å². The maximum absolute atomic E-state index is 12.4. The summed E-state index contributed by atoms with van der Waals surface area (Å²) in [5.41, 5.74) is 1.06. The standard InChI is InChI=1S/C20H24O4/c1-12-16(10-14-11-17(12)20(14,2)3)19(23)24-9-8-13-6-4-5-7-15(13)18(21)22/h4-9,12,14,16-17H,10-11H2,1-3H3,(H,21,22)/b9-8+/t12-,14+,16+,17+/m1/s1. The van der Waals surface area contributed by atoms with Gasteiger partial charge >= 0.3 is 11.9 Å². The van der Waals surface area contributed by atoms with Crippen LogP contribution in [-0.2, 0) is 9.53 Å². The summed E-state index contributed by atoms with van der Waals surface area (Å²) in [6, 6.07) is 6.65. The fourth-order valence-corrected chi connectivity index (χ4v) is 4.56. The minimum absolute atomic E-state index is 0.0545. The van der Waals surface area contributed by atoms with Gasteiger partial charge in [0.1, 0.15) is 0 Å². The largest absolute Gasteiger partial charge is 0.478 e. The van der Waals surface area contributed by atoms with Gasteiger partial charge in [0, 0.05) is 0 Å². The first-order valence-corrected chi connectivity index (χ1v) is 8.51. The Bertz CT molecular complexity index is 689. The molecule has 2 bridgehead atoms. The molecule has 0 unspecified atom stereocenters. The third-order valence-corrected chi connectivity index (χ3v) is 6.28. The number of aromatic carboxylic acids is 1. The van der Waals surface area contributed by atoms with Crippen LogP contribution in [0, 0.1) is 29.1 Å². The third kappa shape index (κ3) is 2.74. The number of hydrogen-bond donors (Lipinski definition) is 1. The summed E-state index contributed by atoms with van der Waals surface area (Å²) in [4.78, 5) is 23.6. The summed E-state index contributed by atoms with van der Waals surface area (Å²) < 4.78 is 5.32. The molecule has 24 heavy (non-hydrogen) atoms. The molecule has 1 N–H and O–H groups in total. The molecule has 1 aromatic rings. The predicted molar refractivity (Wildman–Crippen MR) is 91.2 cm³/mol. The van der Waals surface area contributed by atoms with E-state index < -0.39 is 5.97 Å². The molecule has 0 radical (unpaired) electrons. The van der Waals surface area contributed by atoms with Gasteiger partial charge in [0.15, 0.2) is 0 Å². The summed E-state index contributed by atoms with van der Waals surface area (Å²) in [6.07, 6.45) is 4.98. The van der Waals surface area contributed by atoms with Gasteiger partial charge in [-0.3, -0.25) is 4.79 Å². The maximum atomic E-state index is 12.4. The first-order chi connectivity index (χ1) is 11.3. The Hall–Kier alpha value is -2.10. The van der Waals surface area contributed by atoms with E-state index in [1.165, 1.54) is 18.7 Å². The average Bonchev–Trinajstić information content (AvgIpc) is 2.54. The van der Waals surface area contributed by atoms with E-state index in [1.807, 2.05) is 0 Å². The molecule has 3 saturated carbocycles. The minimum Gasteiger partial charge on any atom is -0.478 e. The van der Waals surface area contributed by atoms with Gasteiger partial charge in [-0.05, 0) is 53.7 Å². The van der Waals surface area contributed by atoms with Crippen molar-refractivity contribution < 1.29 is 19.4 Å². The molecule has 3 aliphatic carbocycles. The van der Waals surface area contributed by atoms with E-state index >= 15 is 0 Å². The molecule has 4 rings (SSSR count). The molecule has 4 nitrogen and oxygen atoms in total. The minimum atomic E-state index is -0.996. The van der Waals surface area contributed by atoms with Gasteiger partial charge in [0.2, 0.25) is 0 Å². The highest BCUT2D eigenvalue weighted by atomic mass is 16.5. The number of carboxylic acid groups (broad SMARTS) is 1. The van der Waals surface area contributed by atoms with E-state index in [2.05, 4.69) is 20.8 Å². The summed E-state index contributed by atoms with van der Waals surface area (Å²) in [5, 5.41) is 9.15. The SMILES string of the molecule is C[C@@H]1[C@@H](C(=O)O/C=C/c2ccccc2C(=O)O)C[C@H]2C[C@@H]1C2(C)C. The number of rotatable bonds is 4. The fraction of sp³-hybridized carbons (Fsp3) is 0.500. The van der Waals surface area contributed by atoms with E-state index in [4.69, 9.17) is 9.84 Å². The predicted octanol–water partition coefficient (Wildman–Crippen LogP) is 4.22. The number of carboxylic acids is 1. The summed E-state index contributed by atoms with van der Waals surface area (Å²) in [6.45, 7) is 6.75. The first-order valence-electron chi connectivity index (χ1n) is 8.51. The zero-order chi connectivity index (χ0) is 17.5. The van der Waals surface area contributed by atoms with Gasteiger partial charge in [0.25, 0.3) is 0 Å². The second kappa shape index (κ2) is 6.08. The fourth-order valence-electron chi connectivity index (χ4n) is 4.56. The van der Waals surface area contributed by atoms with Crippen molar-refractivity contribution in [1.29, 1.82) is 0 Å². The van der Waals surface area contributed by atoms with Crippen LogP contribution in [0.1, 0.15) is 49.5 Å². The van der Waals surface area contributed by atoms with E-state index in [-0.39, 0.29) is 17.5 Å². The van der Waals surface area contributed by atoms with Crippen molar-refractivity contribution in [3.63, 3.8) is 0 Å². The molecular formula is C20H24O4. The van der Waals surface area contributed by atoms with Crippen LogP contribution in [0.4, 0.5) is 0 Å². The van der Waals surface area contributed by atoms with Crippen molar-refractivity contribution in [3.05, 3.63) is 41.7 Å². The van der Waals surface area contributed by atoms with Gasteiger partial charge in [-0.1, -0.05) is 39.0 Å². The number of ether oxygens (including phenoxy) is 1. The smallest absolute Gasteiger partial charge is 0.336 e. The van der Waals surface area contributed by atoms with Gasteiger partial charge in [-0.2, -0.15) is 0 Å². The van der Waals surface area contributed by atoms with Crippen LogP contribution < -0.4 is 0 Å². The van der Waals surface area contributed by atoms with Crippen LogP contribution in [0.2, 0.25) is 0 Å². The Kier molecular flexibility index (Phi) is 4.24. The van der Waals surface area contributed by atoms with E-state index in [1.54, 1.807) is 24.3 Å². The molecule has 0 saturated heterocycles. The Morgan fingerprint density at radius 1 is 1.25 bits per heavy atom. The van der Waals surface area contributed by atoms with Crippen molar-refractivity contribution in [1.82, 2.24) is 0 Å². The monoisotopic (exact) mass is 328 g/mol. The number of carbonyl (C=O) groups excluding carboxylic acids is 1. The van der Waals surface area contributed by atoms with Crippen molar-refractivity contribution in [2.45, 2.75) is 33.6 Å². The molecule has 0 amide bonds. The highest BCUT2D eigenvalue weighted by molar-refractivity contribution is 5.92. The lowest BCUT2D eigenvalue weighted by Gasteiger charge is -2.61. The number of carbonyl (C=O) groups is 2. The third-order valence-electron chi connectivity index (χ3n) is 6.28. The molecule has 3 fully saturated rings. The summed E-state index contributed by atoms with van der Waals surface area (Å²) >= 11 is 0. The second-order valence-electron chi connectivity index (χ2n) is 7.69. The van der Waals surface area contributed by atoms with Crippen molar-refractivity contribution in [3.8, 4) is 0 Å². The molecule has 4 atom stereocenters. The molecule has 4 heteroatoms. The highest BCUT2D eigenvalue weighted by Gasteiger charge is 2.57. The van der Waals surface area contributed by atoms with Crippen LogP contribution in [0.3, 0.4) is 0 Å². The van der Waals surface area contributed by atoms with Crippen LogP contribution in [0.25, 0.3) is 6.08 Å². The maximum Gasteiger partial charge on any atom is 0.336 e. The quantitative estimate of drug-likeness (QED) is 0.664. The number of hydrogen-bond acceptors (Lipinski definition) is 3. The van der Waals surface area contributed by atoms with E-state index in [0.29, 0.717) is 28.7 Å². The lowest BCUT2D eigenvalue weighted by Crippen LogP contribution is -2.56. The summed E-state index contributed by atoms with van der Waals surface area (Å²) in [7, 11) is 0. The lowest BCUT2D eigenvalue weighted by molar-refractivity contribution is -0.168. The second-order valence-corrected chi connectivity index (χ2v) is 7.69. The van der Waals surface area contributed by atoms with Crippen LogP contribution in [0.15, 0.2) is 30.5 Å². The Morgan fingerprint density at radius 3 is 2.58 bits per heavy atom. The number of fused-ring (bicyclic) bond motifs is 2. The molecular weight excluding hydrogens is 304 g/mol. The highest BCUT2D eigenvalue weighted by Crippen LogP contribution is 2.63. The van der Waals surface area contributed by atoms with Crippen molar-refractivity contribution in [2.24, 2.45) is 29.1 Å². The molecule has 0 heterocycles. The molecule has 1 aromatic carbocycles. The zero-order valence-electron chi connectivity index (χ0n) is 14.4. The zero-order valence-corrected chi connectivity index (χ0v) is 14.4. The van der Waals surface area contributed by atoms with Crippen LogP contribution in [-0.4, -0.2) is 17.0 Å². The molecule has 0 aromatic heterocycles. The Labute approximate surface area is 142 Å². The molecule has 3 aliphatic rings. The number of benzene rings is 1. The lowest BCUT2D eigenvalue weighted by atomic mass is 9.43.